The van der Waals surface area contributed by atoms with Crippen molar-refractivity contribution in [3.05, 3.63) is 42.3 Å². The molecule has 0 radical (unpaired) electrons. The molecule has 0 bridgehead atoms. The number of rotatable bonds is 20. The number of ether oxygens (including phenoxy) is 2. The lowest BCUT2D eigenvalue weighted by Crippen LogP contribution is -2.37. The van der Waals surface area contributed by atoms with E-state index in [1.54, 1.807) is 17.0 Å². The van der Waals surface area contributed by atoms with Crippen molar-refractivity contribution in [1.29, 1.82) is 0 Å². The molecule has 0 saturated heterocycles. The van der Waals surface area contributed by atoms with Crippen molar-refractivity contribution >= 4 is 58.8 Å². The largest absolute Gasteiger partial charge is 0.484 e. The number of hydrogen-bond donors (Lipinski definition) is 0. The topological polar surface area (TPSA) is 35.5 Å². The first-order valence-electron chi connectivity index (χ1n) is 20.4. The summed E-state index contributed by atoms with van der Waals surface area (Å²) >= 11 is 5.99. The zero-order valence-corrected chi connectivity index (χ0v) is 33.8. The second kappa shape index (κ2) is 17.9. The summed E-state index contributed by atoms with van der Waals surface area (Å²) in [4.78, 5) is 13.5. The van der Waals surface area contributed by atoms with Crippen molar-refractivity contribution in [2.75, 3.05) is 6.61 Å². The Morgan fingerprint density at radius 2 is 1.44 bits per heavy atom. The Balaban J connectivity index is 0.956. The van der Waals surface area contributed by atoms with Crippen LogP contribution in [0.3, 0.4) is 0 Å². The van der Waals surface area contributed by atoms with Gasteiger partial charge < -0.3 is 9.47 Å². The number of hydrogen-bond acceptors (Lipinski definition) is 6. The van der Waals surface area contributed by atoms with E-state index < -0.39 is 0 Å². The van der Waals surface area contributed by atoms with E-state index in [2.05, 4.69) is 57.4 Å². The van der Waals surface area contributed by atoms with Crippen molar-refractivity contribution in [2.24, 2.45) is 35.0 Å². The first kappa shape index (κ1) is 38.1. The molecule has 3 nitrogen and oxygen atoms in total. The van der Waals surface area contributed by atoms with Gasteiger partial charge in [-0.05, 0) is 117 Å². The lowest BCUT2D eigenvalue weighted by atomic mass is 9.59. The average molecular weight is 737 g/mol. The number of carbonyl (C=O) groups excluding carboxylic acids is 1. The first-order valence-corrected chi connectivity index (χ1v) is 22.9. The number of esters is 1. The molecule has 6 unspecified atom stereocenters. The van der Waals surface area contributed by atoms with Gasteiger partial charge in [-0.3, -0.25) is 4.79 Å². The molecule has 6 atom stereocenters. The molecule has 3 saturated carbocycles. The van der Waals surface area contributed by atoms with Gasteiger partial charge in [0.1, 0.15) is 6.10 Å². The van der Waals surface area contributed by atoms with Gasteiger partial charge in [0.2, 0.25) is 0 Å². The lowest BCUT2D eigenvalue weighted by molar-refractivity contribution is -0.145. The Hall–Kier alpha value is -1.63. The molecule has 6 heteroatoms. The Morgan fingerprint density at radius 3 is 2.14 bits per heavy atom. The third-order valence-corrected chi connectivity index (χ3v) is 16.9. The van der Waals surface area contributed by atoms with Crippen LogP contribution in [-0.4, -0.2) is 18.7 Å². The molecule has 6 rings (SSSR count). The zero-order valence-electron chi connectivity index (χ0n) is 31.4. The molecule has 3 heterocycles. The Bertz CT molecular complexity index is 1530. The van der Waals surface area contributed by atoms with E-state index in [1.807, 2.05) is 22.7 Å². The summed E-state index contributed by atoms with van der Waals surface area (Å²) in [7, 11) is 0. The van der Waals surface area contributed by atoms with Crippen LogP contribution in [-0.2, 0) is 9.53 Å². The standard InChI is InChI=1S/C44H64O3S3/c1-6-23-44(24-7-2)35-26-30(5)19-21-33(35)34-22-20-31(27-36(34)44)37-28-38-42(49-37)43-39(48-38)29-41(50-43)46-25-17-15-13-11-10-12-14-16-18-40(45)47-32(8-3)9-4/h8-9,28-36H,3-4,6-7,10-27H2,1-2,5H3. The second-order valence-electron chi connectivity index (χ2n) is 16.3. The maximum absolute atomic E-state index is 11.9. The van der Waals surface area contributed by atoms with Crippen molar-refractivity contribution in [3.63, 3.8) is 0 Å². The fourth-order valence-electron chi connectivity index (χ4n) is 10.9. The predicted octanol–water partition coefficient (Wildman–Crippen LogP) is 14.5. The van der Waals surface area contributed by atoms with E-state index in [0.29, 0.717) is 11.8 Å². The van der Waals surface area contributed by atoms with Gasteiger partial charge in [0.25, 0.3) is 0 Å². The minimum atomic E-state index is -0.370. The van der Waals surface area contributed by atoms with E-state index in [4.69, 9.17) is 9.47 Å². The van der Waals surface area contributed by atoms with Crippen molar-refractivity contribution in [1.82, 2.24) is 0 Å². The molecule has 0 aliphatic heterocycles. The Morgan fingerprint density at radius 1 is 0.820 bits per heavy atom. The number of fused-ring (bicyclic) bond motifs is 6. The zero-order chi connectivity index (χ0) is 35.1. The molecule has 3 aromatic rings. The third-order valence-electron chi connectivity index (χ3n) is 13.0. The minimum absolute atomic E-state index is 0.154. The van der Waals surface area contributed by atoms with Crippen LogP contribution in [0.25, 0.3) is 18.8 Å². The van der Waals surface area contributed by atoms with Crippen LogP contribution in [0.15, 0.2) is 37.4 Å². The Kier molecular flexibility index (Phi) is 13.7. The smallest absolute Gasteiger partial charge is 0.306 e. The highest BCUT2D eigenvalue weighted by atomic mass is 32.1. The molecular formula is C44H64O3S3. The van der Waals surface area contributed by atoms with Gasteiger partial charge in [-0.1, -0.05) is 103 Å². The van der Waals surface area contributed by atoms with Gasteiger partial charge >= 0.3 is 5.97 Å². The van der Waals surface area contributed by atoms with Crippen LogP contribution in [0.4, 0.5) is 0 Å². The molecule has 50 heavy (non-hydrogen) atoms. The SMILES string of the molecule is C=CC(C=C)OC(=O)CCCCCCCCCCOc1cc2sc3cc(C4CCC5C6CCC(C)CC6C(CCC)(CCC)C5C4)sc3c2s1. The average Bonchev–Trinajstić information content (AvgIpc) is 3.85. The maximum atomic E-state index is 11.9. The second-order valence-corrected chi connectivity index (χ2v) is 19.4. The molecule has 0 aromatic carbocycles. The molecule has 276 valence electrons. The molecule has 0 amide bonds. The predicted molar refractivity (Wildman–Crippen MR) is 218 cm³/mol. The number of unbranched alkanes of at least 4 members (excludes halogenated alkanes) is 7. The quantitative estimate of drug-likeness (QED) is 0.0658. The van der Waals surface area contributed by atoms with E-state index in [-0.39, 0.29) is 12.1 Å². The summed E-state index contributed by atoms with van der Waals surface area (Å²) in [5, 5.41) is 1.10. The summed E-state index contributed by atoms with van der Waals surface area (Å²) in [6.45, 7) is 15.6. The Labute approximate surface area is 315 Å². The molecule has 0 spiro atoms. The molecular weight excluding hydrogens is 673 g/mol. The van der Waals surface area contributed by atoms with E-state index in [9.17, 15) is 4.79 Å². The van der Waals surface area contributed by atoms with Crippen LogP contribution in [0.1, 0.15) is 154 Å². The van der Waals surface area contributed by atoms with Gasteiger partial charge in [-0.15, -0.1) is 22.7 Å². The molecule has 3 aliphatic carbocycles. The van der Waals surface area contributed by atoms with Crippen molar-refractivity contribution in [3.8, 4) is 5.06 Å². The van der Waals surface area contributed by atoms with E-state index >= 15 is 0 Å². The highest BCUT2D eigenvalue weighted by Gasteiger charge is 2.60. The van der Waals surface area contributed by atoms with Crippen molar-refractivity contribution in [2.45, 2.75) is 155 Å². The molecule has 3 aliphatic rings. The monoisotopic (exact) mass is 736 g/mol. The van der Waals surface area contributed by atoms with Gasteiger partial charge in [-0.25, -0.2) is 0 Å². The van der Waals surface area contributed by atoms with Crippen LogP contribution in [0.2, 0.25) is 0 Å². The summed E-state index contributed by atoms with van der Waals surface area (Å²) in [6, 6.07) is 4.91. The van der Waals surface area contributed by atoms with E-state index in [1.165, 1.54) is 115 Å². The summed E-state index contributed by atoms with van der Waals surface area (Å²) in [5.41, 5.74) is 0.606. The first-order chi connectivity index (χ1) is 24.4. The number of thiophene rings is 3. The normalized spacial score (nSPS) is 25.9. The fourth-order valence-corrected chi connectivity index (χ4v) is 14.9. The molecule has 3 fully saturated rings. The van der Waals surface area contributed by atoms with Gasteiger partial charge in [0.15, 0.2) is 5.06 Å². The minimum Gasteiger partial charge on any atom is -0.484 e. The van der Waals surface area contributed by atoms with Crippen LogP contribution in [0, 0.1) is 35.0 Å². The van der Waals surface area contributed by atoms with Gasteiger partial charge in [-0.2, -0.15) is 0 Å². The highest BCUT2D eigenvalue weighted by Crippen LogP contribution is 2.68. The molecule has 3 aromatic heterocycles. The van der Waals surface area contributed by atoms with Crippen molar-refractivity contribution < 1.29 is 14.3 Å². The molecule has 0 N–H and O–H groups in total. The van der Waals surface area contributed by atoms with E-state index in [0.717, 1.165) is 66.4 Å². The van der Waals surface area contributed by atoms with Crippen LogP contribution in [0.5, 0.6) is 5.06 Å². The summed E-state index contributed by atoms with van der Waals surface area (Å²) in [5.74, 6) is 5.48. The van der Waals surface area contributed by atoms with Crippen LogP contribution < -0.4 is 4.74 Å². The third kappa shape index (κ3) is 8.44. The van der Waals surface area contributed by atoms with Crippen LogP contribution >= 0.6 is 34.0 Å². The number of carbonyl (C=O) groups is 1. The summed E-state index contributed by atoms with van der Waals surface area (Å²) in [6.07, 6.45) is 27.0. The lowest BCUT2D eigenvalue weighted by Gasteiger charge is -2.46. The van der Waals surface area contributed by atoms with Gasteiger partial charge in [0.05, 0.1) is 20.7 Å². The highest BCUT2D eigenvalue weighted by molar-refractivity contribution is 7.39. The summed E-state index contributed by atoms with van der Waals surface area (Å²) < 4.78 is 17.5. The van der Waals surface area contributed by atoms with Gasteiger partial charge in [0, 0.05) is 22.1 Å². The fraction of sp³-hybridized carbons (Fsp3) is 0.705. The maximum Gasteiger partial charge on any atom is 0.306 e.